The quantitative estimate of drug-likeness (QED) is 0.570. The second-order valence-corrected chi connectivity index (χ2v) is 5.31. The third-order valence-electron chi connectivity index (χ3n) is 3.65. The summed E-state index contributed by atoms with van der Waals surface area (Å²) >= 11 is 0. The van der Waals surface area contributed by atoms with E-state index in [1.54, 1.807) is 20.4 Å². The standard InChI is InChI=1S/C19H19N3O2/c1-13-10-17(15-6-4-5-7-16(15)21-13)22-20-12-14-8-9-18(23-2)19(11-14)24-3/h4-12H,1-3H3,(H,21,22). The van der Waals surface area contributed by atoms with Crippen molar-refractivity contribution in [1.82, 2.24) is 4.98 Å². The highest BCUT2D eigenvalue weighted by Gasteiger charge is 2.04. The van der Waals surface area contributed by atoms with Gasteiger partial charge in [0.25, 0.3) is 0 Å². The normalized spacial score (nSPS) is 11.0. The van der Waals surface area contributed by atoms with E-state index in [9.17, 15) is 0 Å². The van der Waals surface area contributed by atoms with Crippen LogP contribution in [-0.4, -0.2) is 25.4 Å². The minimum atomic E-state index is 0.673. The number of rotatable bonds is 5. The predicted octanol–water partition coefficient (Wildman–Crippen LogP) is 4.01. The molecular formula is C19H19N3O2. The van der Waals surface area contributed by atoms with E-state index in [1.165, 1.54) is 0 Å². The first kappa shape index (κ1) is 15.8. The van der Waals surface area contributed by atoms with Crippen molar-refractivity contribution in [3.05, 3.63) is 59.8 Å². The first-order chi connectivity index (χ1) is 11.7. The largest absolute Gasteiger partial charge is 0.493 e. The molecule has 5 heteroatoms. The minimum Gasteiger partial charge on any atom is -0.493 e. The van der Waals surface area contributed by atoms with Crippen molar-refractivity contribution in [2.45, 2.75) is 6.92 Å². The van der Waals surface area contributed by atoms with Crippen LogP contribution in [0.3, 0.4) is 0 Å². The van der Waals surface area contributed by atoms with Crippen LogP contribution in [-0.2, 0) is 0 Å². The molecule has 3 rings (SSSR count). The summed E-state index contributed by atoms with van der Waals surface area (Å²) in [5, 5.41) is 5.37. The number of pyridine rings is 1. The molecule has 0 aliphatic heterocycles. The van der Waals surface area contributed by atoms with E-state index in [1.807, 2.05) is 55.5 Å². The fourth-order valence-electron chi connectivity index (χ4n) is 2.51. The number of fused-ring (bicyclic) bond motifs is 1. The summed E-state index contributed by atoms with van der Waals surface area (Å²) in [6.45, 7) is 1.97. The van der Waals surface area contributed by atoms with Crippen molar-refractivity contribution in [3.8, 4) is 11.5 Å². The van der Waals surface area contributed by atoms with Gasteiger partial charge in [0.15, 0.2) is 11.5 Å². The van der Waals surface area contributed by atoms with Gasteiger partial charge in [-0.05, 0) is 42.8 Å². The number of benzene rings is 2. The monoisotopic (exact) mass is 321 g/mol. The molecule has 122 valence electrons. The van der Waals surface area contributed by atoms with Gasteiger partial charge in [-0.3, -0.25) is 10.4 Å². The van der Waals surface area contributed by atoms with Crippen molar-refractivity contribution < 1.29 is 9.47 Å². The van der Waals surface area contributed by atoms with Crippen LogP contribution < -0.4 is 14.9 Å². The van der Waals surface area contributed by atoms with Gasteiger partial charge in [0, 0.05) is 11.1 Å². The molecule has 5 nitrogen and oxygen atoms in total. The number of aromatic nitrogens is 1. The Balaban J connectivity index is 1.84. The SMILES string of the molecule is COc1ccc(C=NNc2cc(C)nc3ccccc23)cc1OC. The minimum absolute atomic E-state index is 0.673. The summed E-state index contributed by atoms with van der Waals surface area (Å²) in [6, 6.07) is 15.6. The molecule has 2 aromatic carbocycles. The highest BCUT2D eigenvalue weighted by molar-refractivity contribution is 5.92. The van der Waals surface area contributed by atoms with Crippen LogP contribution in [0.5, 0.6) is 11.5 Å². The molecule has 3 aromatic rings. The second-order valence-electron chi connectivity index (χ2n) is 5.31. The highest BCUT2D eigenvalue weighted by atomic mass is 16.5. The Bertz CT molecular complexity index is 891. The topological polar surface area (TPSA) is 55.7 Å². The van der Waals surface area contributed by atoms with E-state index in [0.717, 1.165) is 27.8 Å². The molecule has 0 saturated heterocycles. The number of nitrogens with zero attached hydrogens (tertiary/aromatic N) is 2. The van der Waals surface area contributed by atoms with Gasteiger partial charge in [0.1, 0.15) is 0 Å². The summed E-state index contributed by atoms with van der Waals surface area (Å²) in [4.78, 5) is 4.52. The average Bonchev–Trinajstić information content (AvgIpc) is 2.61. The van der Waals surface area contributed by atoms with Crippen LogP contribution in [0.4, 0.5) is 5.69 Å². The Kier molecular flexibility index (Phi) is 4.61. The third kappa shape index (κ3) is 3.30. The van der Waals surface area contributed by atoms with E-state index in [-0.39, 0.29) is 0 Å². The fraction of sp³-hybridized carbons (Fsp3) is 0.158. The molecule has 1 N–H and O–H groups in total. The lowest BCUT2D eigenvalue weighted by Gasteiger charge is -2.08. The molecule has 0 unspecified atom stereocenters. The average molecular weight is 321 g/mol. The summed E-state index contributed by atoms with van der Waals surface area (Å²) in [5.74, 6) is 1.37. The summed E-state index contributed by atoms with van der Waals surface area (Å²) < 4.78 is 10.5. The Morgan fingerprint density at radius 1 is 1.00 bits per heavy atom. The predicted molar refractivity (Wildman–Crippen MR) is 97.2 cm³/mol. The molecule has 0 radical (unpaired) electrons. The Labute approximate surface area is 140 Å². The molecule has 0 saturated carbocycles. The number of para-hydroxylation sites is 1. The summed E-state index contributed by atoms with van der Waals surface area (Å²) in [5.41, 5.74) is 6.83. The number of hydrazone groups is 1. The lowest BCUT2D eigenvalue weighted by Crippen LogP contribution is -1.96. The van der Waals surface area contributed by atoms with Crippen LogP contribution >= 0.6 is 0 Å². The van der Waals surface area contributed by atoms with Gasteiger partial charge in [-0.25, -0.2) is 0 Å². The van der Waals surface area contributed by atoms with Gasteiger partial charge in [0.2, 0.25) is 0 Å². The number of nitrogens with one attached hydrogen (secondary N) is 1. The van der Waals surface area contributed by atoms with Crippen LogP contribution in [0, 0.1) is 6.92 Å². The van der Waals surface area contributed by atoms with Gasteiger partial charge in [0.05, 0.1) is 31.6 Å². The third-order valence-corrected chi connectivity index (χ3v) is 3.65. The van der Waals surface area contributed by atoms with E-state index in [0.29, 0.717) is 11.5 Å². The van der Waals surface area contributed by atoms with Gasteiger partial charge in [-0.15, -0.1) is 0 Å². The van der Waals surface area contributed by atoms with Gasteiger partial charge < -0.3 is 9.47 Å². The molecule has 0 fully saturated rings. The molecule has 1 heterocycles. The lowest BCUT2D eigenvalue weighted by atomic mass is 10.1. The van der Waals surface area contributed by atoms with Crippen LogP contribution in [0.1, 0.15) is 11.3 Å². The molecular weight excluding hydrogens is 302 g/mol. The number of hydrogen-bond acceptors (Lipinski definition) is 5. The number of aryl methyl sites for hydroxylation is 1. The van der Waals surface area contributed by atoms with Gasteiger partial charge >= 0.3 is 0 Å². The zero-order valence-electron chi connectivity index (χ0n) is 13.9. The molecule has 1 aromatic heterocycles. The summed E-state index contributed by atoms with van der Waals surface area (Å²) in [6.07, 6.45) is 1.74. The number of methoxy groups -OCH3 is 2. The maximum absolute atomic E-state index is 5.30. The van der Waals surface area contributed by atoms with Crippen molar-refractivity contribution in [2.24, 2.45) is 5.10 Å². The first-order valence-electron chi connectivity index (χ1n) is 7.59. The van der Waals surface area contributed by atoms with E-state index in [2.05, 4.69) is 15.5 Å². The zero-order chi connectivity index (χ0) is 16.9. The Morgan fingerprint density at radius 2 is 1.79 bits per heavy atom. The Hall–Kier alpha value is -3.08. The molecule has 24 heavy (non-hydrogen) atoms. The Morgan fingerprint density at radius 3 is 2.58 bits per heavy atom. The molecule has 0 atom stereocenters. The number of hydrogen-bond donors (Lipinski definition) is 1. The smallest absolute Gasteiger partial charge is 0.161 e. The number of anilines is 1. The zero-order valence-corrected chi connectivity index (χ0v) is 13.9. The molecule has 0 bridgehead atoms. The van der Waals surface area contributed by atoms with Crippen molar-refractivity contribution in [1.29, 1.82) is 0 Å². The maximum atomic E-state index is 5.30. The van der Waals surface area contributed by atoms with Crippen LogP contribution in [0.2, 0.25) is 0 Å². The first-order valence-corrected chi connectivity index (χ1v) is 7.59. The summed E-state index contributed by atoms with van der Waals surface area (Å²) in [7, 11) is 3.23. The van der Waals surface area contributed by atoms with Crippen LogP contribution in [0.15, 0.2) is 53.6 Å². The number of ether oxygens (including phenoxy) is 2. The molecule has 0 aliphatic carbocycles. The van der Waals surface area contributed by atoms with Crippen LogP contribution in [0.25, 0.3) is 10.9 Å². The van der Waals surface area contributed by atoms with Gasteiger partial charge in [-0.1, -0.05) is 18.2 Å². The fourth-order valence-corrected chi connectivity index (χ4v) is 2.51. The van der Waals surface area contributed by atoms with E-state index >= 15 is 0 Å². The maximum Gasteiger partial charge on any atom is 0.161 e. The van der Waals surface area contributed by atoms with E-state index in [4.69, 9.17) is 9.47 Å². The second kappa shape index (κ2) is 7.00. The molecule has 0 aliphatic rings. The highest BCUT2D eigenvalue weighted by Crippen LogP contribution is 2.27. The van der Waals surface area contributed by atoms with Crippen molar-refractivity contribution in [3.63, 3.8) is 0 Å². The van der Waals surface area contributed by atoms with Crippen molar-refractivity contribution >= 4 is 22.8 Å². The molecule has 0 amide bonds. The lowest BCUT2D eigenvalue weighted by molar-refractivity contribution is 0.355. The van der Waals surface area contributed by atoms with Gasteiger partial charge in [-0.2, -0.15) is 5.10 Å². The van der Waals surface area contributed by atoms with Crippen molar-refractivity contribution in [2.75, 3.05) is 19.6 Å². The van der Waals surface area contributed by atoms with E-state index < -0.39 is 0 Å². The molecule has 0 spiro atoms.